The van der Waals surface area contributed by atoms with E-state index in [2.05, 4.69) is 28.9 Å². The number of hydrogen-bond acceptors (Lipinski definition) is 3. The van der Waals surface area contributed by atoms with Crippen LogP contribution in [0.25, 0.3) is 0 Å². The number of aromatic nitrogens is 1. The molecular formula is C18H22N2O. The summed E-state index contributed by atoms with van der Waals surface area (Å²) < 4.78 is 6.03. The molecule has 3 rings (SSSR count). The fraction of sp³-hybridized carbons (Fsp3) is 0.389. The number of likely N-dealkylation sites (tertiary alicyclic amines) is 1. The molecule has 2 aromatic rings. The molecule has 0 bridgehead atoms. The van der Waals surface area contributed by atoms with Crippen molar-refractivity contribution in [3.63, 3.8) is 0 Å². The lowest BCUT2D eigenvalue weighted by Gasteiger charge is -2.31. The fourth-order valence-electron chi connectivity index (χ4n) is 2.70. The van der Waals surface area contributed by atoms with Crippen LogP contribution < -0.4 is 4.74 Å². The van der Waals surface area contributed by atoms with Crippen LogP contribution >= 0.6 is 0 Å². The van der Waals surface area contributed by atoms with Crippen molar-refractivity contribution in [2.24, 2.45) is 0 Å². The van der Waals surface area contributed by atoms with Gasteiger partial charge in [-0.1, -0.05) is 24.3 Å². The third-order valence-corrected chi connectivity index (χ3v) is 3.94. The van der Waals surface area contributed by atoms with E-state index in [0.29, 0.717) is 6.10 Å². The maximum absolute atomic E-state index is 6.03. The van der Waals surface area contributed by atoms with Gasteiger partial charge in [0.15, 0.2) is 0 Å². The Bertz CT molecular complexity index is 545. The van der Waals surface area contributed by atoms with Gasteiger partial charge in [-0.05, 0) is 43.5 Å². The zero-order chi connectivity index (χ0) is 14.5. The highest BCUT2D eigenvalue weighted by molar-refractivity contribution is 5.21. The Morgan fingerprint density at radius 2 is 1.86 bits per heavy atom. The van der Waals surface area contributed by atoms with Gasteiger partial charge in [0.1, 0.15) is 11.9 Å². The predicted octanol–water partition coefficient (Wildman–Crippen LogP) is 3.43. The Labute approximate surface area is 126 Å². The van der Waals surface area contributed by atoms with Gasteiger partial charge in [-0.15, -0.1) is 0 Å². The summed E-state index contributed by atoms with van der Waals surface area (Å²) >= 11 is 0. The van der Waals surface area contributed by atoms with E-state index >= 15 is 0 Å². The Kier molecular flexibility index (Phi) is 4.51. The van der Waals surface area contributed by atoms with Gasteiger partial charge < -0.3 is 4.74 Å². The van der Waals surface area contributed by atoms with Gasteiger partial charge in [-0.25, -0.2) is 0 Å². The van der Waals surface area contributed by atoms with Gasteiger partial charge in [0.05, 0.1) is 5.69 Å². The maximum atomic E-state index is 6.03. The van der Waals surface area contributed by atoms with E-state index in [-0.39, 0.29) is 0 Å². The zero-order valence-electron chi connectivity index (χ0n) is 12.5. The van der Waals surface area contributed by atoms with E-state index in [4.69, 9.17) is 4.74 Å². The monoisotopic (exact) mass is 282 g/mol. The van der Waals surface area contributed by atoms with Crippen LogP contribution in [0.4, 0.5) is 0 Å². The average Bonchev–Trinajstić information content (AvgIpc) is 2.53. The molecule has 110 valence electrons. The average molecular weight is 282 g/mol. The summed E-state index contributed by atoms with van der Waals surface area (Å²) in [6, 6.07) is 14.4. The normalized spacial score (nSPS) is 16.8. The molecule has 1 saturated heterocycles. The van der Waals surface area contributed by atoms with Crippen LogP contribution in [-0.2, 0) is 6.54 Å². The lowest BCUT2D eigenvalue weighted by molar-refractivity contribution is 0.0961. The van der Waals surface area contributed by atoms with Crippen molar-refractivity contribution in [3.8, 4) is 5.75 Å². The minimum absolute atomic E-state index is 0.342. The first-order valence-corrected chi connectivity index (χ1v) is 7.65. The molecule has 1 aliphatic rings. The van der Waals surface area contributed by atoms with E-state index in [0.717, 1.165) is 43.9 Å². The van der Waals surface area contributed by atoms with Crippen molar-refractivity contribution >= 4 is 0 Å². The lowest BCUT2D eigenvalue weighted by Crippen LogP contribution is -2.37. The third kappa shape index (κ3) is 4.05. The molecule has 0 spiro atoms. The smallest absolute Gasteiger partial charge is 0.119 e. The number of para-hydroxylation sites is 1. The quantitative estimate of drug-likeness (QED) is 0.859. The Balaban J connectivity index is 1.47. The number of ether oxygens (including phenoxy) is 1. The van der Waals surface area contributed by atoms with Crippen LogP contribution in [0.1, 0.15) is 24.1 Å². The highest BCUT2D eigenvalue weighted by Crippen LogP contribution is 2.19. The zero-order valence-corrected chi connectivity index (χ0v) is 12.5. The number of benzene rings is 1. The molecule has 0 N–H and O–H groups in total. The summed E-state index contributed by atoms with van der Waals surface area (Å²) in [6.45, 7) is 5.17. The molecule has 0 amide bonds. The number of aryl methyl sites for hydroxylation is 1. The van der Waals surface area contributed by atoms with Crippen LogP contribution in [0.5, 0.6) is 5.75 Å². The maximum Gasteiger partial charge on any atom is 0.119 e. The van der Waals surface area contributed by atoms with E-state index in [9.17, 15) is 0 Å². The van der Waals surface area contributed by atoms with Gasteiger partial charge in [0.2, 0.25) is 0 Å². The topological polar surface area (TPSA) is 25.4 Å². The summed E-state index contributed by atoms with van der Waals surface area (Å²) in [5.41, 5.74) is 2.37. The molecule has 3 heteroatoms. The van der Waals surface area contributed by atoms with Gasteiger partial charge in [-0.2, -0.15) is 0 Å². The minimum Gasteiger partial charge on any atom is -0.490 e. The van der Waals surface area contributed by atoms with Crippen molar-refractivity contribution in [1.82, 2.24) is 9.88 Å². The third-order valence-electron chi connectivity index (χ3n) is 3.94. The van der Waals surface area contributed by atoms with Crippen molar-refractivity contribution < 1.29 is 4.74 Å². The summed E-state index contributed by atoms with van der Waals surface area (Å²) in [7, 11) is 0. The summed E-state index contributed by atoms with van der Waals surface area (Å²) in [5, 5.41) is 0. The highest BCUT2D eigenvalue weighted by atomic mass is 16.5. The molecule has 1 aliphatic heterocycles. The second-order valence-corrected chi connectivity index (χ2v) is 5.73. The first kappa shape index (κ1) is 14.1. The number of pyridine rings is 1. The van der Waals surface area contributed by atoms with Gasteiger partial charge >= 0.3 is 0 Å². The molecule has 3 nitrogen and oxygen atoms in total. The highest BCUT2D eigenvalue weighted by Gasteiger charge is 2.20. The molecule has 1 fully saturated rings. The van der Waals surface area contributed by atoms with E-state index in [1.165, 1.54) is 5.56 Å². The molecule has 1 aromatic heterocycles. The number of piperidine rings is 1. The number of nitrogens with zero attached hydrogens (tertiary/aromatic N) is 2. The molecule has 0 unspecified atom stereocenters. The first-order valence-electron chi connectivity index (χ1n) is 7.65. The second kappa shape index (κ2) is 6.72. The lowest BCUT2D eigenvalue weighted by atomic mass is 10.1. The van der Waals surface area contributed by atoms with Crippen molar-refractivity contribution in [1.29, 1.82) is 0 Å². The first-order chi connectivity index (χ1) is 10.3. The van der Waals surface area contributed by atoms with Crippen molar-refractivity contribution in [2.75, 3.05) is 13.1 Å². The largest absolute Gasteiger partial charge is 0.490 e. The van der Waals surface area contributed by atoms with Crippen LogP contribution in [0.3, 0.4) is 0 Å². The van der Waals surface area contributed by atoms with Crippen LogP contribution in [0.2, 0.25) is 0 Å². The van der Waals surface area contributed by atoms with E-state index in [1.54, 1.807) is 0 Å². The van der Waals surface area contributed by atoms with Crippen LogP contribution in [0.15, 0.2) is 48.7 Å². The molecule has 0 saturated carbocycles. The summed E-state index contributed by atoms with van der Waals surface area (Å²) in [4.78, 5) is 6.95. The molecular weight excluding hydrogens is 260 g/mol. The number of hydrogen-bond donors (Lipinski definition) is 0. The molecule has 0 atom stereocenters. The molecule has 2 heterocycles. The fourth-order valence-corrected chi connectivity index (χ4v) is 2.70. The molecule has 21 heavy (non-hydrogen) atoms. The summed E-state index contributed by atoms with van der Waals surface area (Å²) in [5.74, 6) is 0.983. The Morgan fingerprint density at radius 1 is 1.10 bits per heavy atom. The second-order valence-electron chi connectivity index (χ2n) is 5.73. The summed E-state index contributed by atoms with van der Waals surface area (Å²) in [6.07, 6.45) is 4.46. The minimum atomic E-state index is 0.342. The van der Waals surface area contributed by atoms with E-state index < -0.39 is 0 Å². The van der Waals surface area contributed by atoms with E-state index in [1.807, 2.05) is 36.5 Å². The molecule has 0 aliphatic carbocycles. The predicted molar refractivity (Wildman–Crippen MR) is 84.3 cm³/mol. The van der Waals surface area contributed by atoms with Crippen molar-refractivity contribution in [3.05, 3.63) is 59.9 Å². The Morgan fingerprint density at radius 3 is 2.52 bits per heavy atom. The van der Waals surface area contributed by atoms with Crippen LogP contribution in [-0.4, -0.2) is 29.1 Å². The van der Waals surface area contributed by atoms with Gasteiger partial charge in [0, 0.05) is 25.8 Å². The number of rotatable bonds is 4. The Hall–Kier alpha value is -1.87. The standard InChI is InChI=1S/C18H22N2O/c1-15-7-8-16(19-13-15)14-20-11-9-18(10-12-20)21-17-5-3-2-4-6-17/h2-8,13,18H,9-12,14H2,1H3. The van der Waals surface area contributed by atoms with Gasteiger partial charge in [-0.3, -0.25) is 9.88 Å². The SMILES string of the molecule is Cc1ccc(CN2CCC(Oc3ccccc3)CC2)nc1. The van der Waals surface area contributed by atoms with Crippen LogP contribution in [0, 0.1) is 6.92 Å². The van der Waals surface area contributed by atoms with Crippen molar-refractivity contribution in [2.45, 2.75) is 32.4 Å². The molecule has 1 aromatic carbocycles. The van der Waals surface area contributed by atoms with Gasteiger partial charge in [0.25, 0.3) is 0 Å². The molecule has 0 radical (unpaired) electrons.